The van der Waals surface area contributed by atoms with Gasteiger partial charge in [0.1, 0.15) is 6.23 Å². The molecule has 1 fully saturated rings. The van der Waals surface area contributed by atoms with Crippen LogP contribution in [0.5, 0.6) is 0 Å². The van der Waals surface area contributed by atoms with Crippen molar-refractivity contribution in [3.05, 3.63) is 0 Å². The van der Waals surface area contributed by atoms with E-state index in [4.69, 9.17) is 5.11 Å². The first-order chi connectivity index (χ1) is 4.30. The molecule has 0 bridgehead atoms. The molecule has 0 aromatic rings. The van der Waals surface area contributed by atoms with Crippen molar-refractivity contribution >= 4 is 0 Å². The van der Waals surface area contributed by atoms with Gasteiger partial charge < -0.3 is 10.4 Å². The van der Waals surface area contributed by atoms with Crippen LogP contribution in [0.15, 0.2) is 0 Å². The second kappa shape index (κ2) is 3.15. The van der Waals surface area contributed by atoms with Crippen LogP contribution in [0, 0.1) is 0 Å². The highest BCUT2D eigenvalue weighted by atomic mass is 16.3. The van der Waals surface area contributed by atoms with Crippen LogP contribution in [-0.2, 0) is 0 Å². The van der Waals surface area contributed by atoms with Gasteiger partial charge in [0.2, 0.25) is 0 Å². The third-order valence-electron chi connectivity index (χ3n) is 1.68. The van der Waals surface area contributed by atoms with Crippen LogP contribution < -0.4 is 5.32 Å². The van der Waals surface area contributed by atoms with E-state index in [-0.39, 0.29) is 6.23 Å². The Bertz CT molecular complexity index is 79.1. The average Bonchev–Trinajstić information content (AvgIpc) is 1.90. The van der Waals surface area contributed by atoms with Gasteiger partial charge in [-0.15, -0.1) is 0 Å². The van der Waals surface area contributed by atoms with Gasteiger partial charge in [-0.25, -0.2) is 0 Å². The quantitative estimate of drug-likeness (QED) is 0.489. The van der Waals surface area contributed by atoms with Crippen LogP contribution in [0.25, 0.3) is 0 Å². The largest absolute Gasteiger partial charge is 0.379 e. The summed E-state index contributed by atoms with van der Waals surface area (Å²) in [7, 11) is 0. The van der Waals surface area contributed by atoms with Crippen molar-refractivity contribution in [2.24, 2.45) is 0 Å². The molecule has 0 aromatic heterocycles. The molecular formula is C6H14N2O. The molecule has 0 radical (unpaired) electrons. The zero-order chi connectivity index (χ0) is 6.69. The molecule has 54 valence electrons. The fourth-order valence-corrected chi connectivity index (χ4v) is 1.06. The summed E-state index contributed by atoms with van der Waals surface area (Å²) in [6.45, 7) is 5.76. The lowest BCUT2D eigenvalue weighted by atomic mass is 10.3. The normalized spacial score (nSPS) is 26.0. The fourth-order valence-electron chi connectivity index (χ4n) is 1.06. The van der Waals surface area contributed by atoms with Crippen LogP contribution in [0.3, 0.4) is 0 Å². The Morgan fingerprint density at radius 3 is 2.33 bits per heavy atom. The Kier molecular flexibility index (Phi) is 2.45. The first-order valence-electron chi connectivity index (χ1n) is 3.43. The van der Waals surface area contributed by atoms with Crippen LogP contribution in [-0.4, -0.2) is 42.4 Å². The number of hydrogen-bond donors (Lipinski definition) is 2. The van der Waals surface area contributed by atoms with Gasteiger partial charge >= 0.3 is 0 Å². The van der Waals surface area contributed by atoms with Crippen LogP contribution in [0.1, 0.15) is 6.92 Å². The van der Waals surface area contributed by atoms with Gasteiger partial charge in [-0.05, 0) is 6.92 Å². The summed E-state index contributed by atoms with van der Waals surface area (Å²) in [4.78, 5) is 2.05. The van der Waals surface area contributed by atoms with Gasteiger partial charge in [-0.2, -0.15) is 0 Å². The standard InChI is InChI=1S/C6H14N2O/c1-6(9)8-4-2-7-3-5-8/h6-7,9H,2-5H2,1H3. The van der Waals surface area contributed by atoms with E-state index in [1.807, 2.05) is 6.92 Å². The van der Waals surface area contributed by atoms with Gasteiger partial charge in [0, 0.05) is 26.2 Å². The van der Waals surface area contributed by atoms with E-state index < -0.39 is 0 Å². The molecule has 1 atom stereocenters. The minimum absolute atomic E-state index is 0.271. The summed E-state index contributed by atoms with van der Waals surface area (Å²) in [6.07, 6.45) is -0.271. The minimum atomic E-state index is -0.271. The highest BCUT2D eigenvalue weighted by molar-refractivity contribution is 4.67. The molecule has 0 aliphatic carbocycles. The topological polar surface area (TPSA) is 35.5 Å². The number of nitrogens with zero attached hydrogens (tertiary/aromatic N) is 1. The second-order valence-electron chi connectivity index (χ2n) is 2.42. The Morgan fingerprint density at radius 1 is 1.44 bits per heavy atom. The molecule has 2 N–H and O–H groups in total. The van der Waals surface area contributed by atoms with Crippen molar-refractivity contribution in [1.29, 1.82) is 0 Å². The third-order valence-corrected chi connectivity index (χ3v) is 1.68. The molecule has 1 aliphatic rings. The Balaban J connectivity index is 2.23. The predicted octanol–water partition coefficient (Wildman–Crippen LogP) is -0.770. The maximum absolute atomic E-state index is 9.08. The SMILES string of the molecule is CC(O)N1CCNCC1. The van der Waals surface area contributed by atoms with E-state index in [1.165, 1.54) is 0 Å². The highest BCUT2D eigenvalue weighted by Gasteiger charge is 2.12. The molecule has 0 spiro atoms. The summed E-state index contributed by atoms with van der Waals surface area (Å²) in [5, 5.41) is 12.3. The highest BCUT2D eigenvalue weighted by Crippen LogP contribution is 1.95. The summed E-state index contributed by atoms with van der Waals surface area (Å²) >= 11 is 0. The Hall–Kier alpha value is -0.120. The number of aliphatic hydroxyl groups excluding tert-OH is 1. The zero-order valence-corrected chi connectivity index (χ0v) is 5.80. The first kappa shape index (κ1) is 6.99. The van der Waals surface area contributed by atoms with Crippen molar-refractivity contribution in [3.8, 4) is 0 Å². The number of rotatable bonds is 1. The lowest BCUT2D eigenvalue weighted by molar-refractivity contribution is 0.0112. The van der Waals surface area contributed by atoms with Crippen molar-refractivity contribution in [1.82, 2.24) is 10.2 Å². The number of piperazine rings is 1. The molecule has 1 aliphatic heterocycles. The predicted molar refractivity (Wildman–Crippen MR) is 36.1 cm³/mol. The Morgan fingerprint density at radius 2 is 2.00 bits per heavy atom. The molecular weight excluding hydrogens is 116 g/mol. The van der Waals surface area contributed by atoms with Gasteiger partial charge in [0.25, 0.3) is 0 Å². The first-order valence-corrected chi connectivity index (χ1v) is 3.43. The van der Waals surface area contributed by atoms with E-state index in [0.29, 0.717) is 0 Å². The van der Waals surface area contributed by atoms with Gasteiger partial charge in [0.05, 0.1) is 0 Å². The lowest BCUT2D eigenvalue weighted by Crippen LogP contribution is -2.47. The molecule has 3 heteroatoms. The maximum Gasteiger partial charge on any atom is 0.104 e. The zero-order valence-electron chi connectivity index (χ0n) is 5.80. The van der Waals surface area contributed by atoms with E-state index in [2.05, 4.69) is 10.2 Å². The molecule has 3 nitrogen and oxygen atoms in total. The lowest BCUT2D eigenvalue weighted by Gasteiger charge is -2.29. The van der Waals surface area contributed by atoms with E-state index in [0.717, 1.165) is 26.2 Å². The molecule has 0 amide bonds. The number of aliphatic hydroxyl groups is 1. The smallest absolute Gasteiger partial charge is 0.104 e. The summed E-state index contributed by atoms with van der Waals surface area (Å²) in [6, 6.07) is 0. The summed E-state index contributed by atoms with van der Waals surface area (Å²) in [5.41, 5.74) is 0. The van der Waals surface area contributed by atoms with Gasteiger partial charge in [-0.3, -0.25) is 4.90 Å². The second-order valence-corrected chi connectivity index (χ2v) is 2.42. The van der Waals surface area contributed by atoms with Crippen molar-refractivity contribution in [2.45, 2.75) is 13.2 Å². The van der Waals surface area contributed by atoms with Crippen LogP contribution >= 0.6 is 0 Å². The van der Waals surface area contributed by atoms with Gasteiger partial charge in [0.15, 0.2) is 0 Å². The van der Waals surface area contributed by atoms with Crippen LogP contribution in [0.4, 0.5) is 0 Å². The monoisotopic (exact) mass is 130 g/mol. The van der Waals surface area contributed by atoms with Gasteiger partial charge in [-0.1, -0.05) is 0 Å². The number of nitrogens with one attached hydrogen (secondary N) is 1. The van der Waals surface area contributed by atoms with Crippen molar-refractivity contribution in [2.75, 3.05) is 26.2 Å². The third kappa shape index (κ3) is 1.93. The Labute approximate surface area is 55.7 Å². The summed E-state index contributed by atoms with van der Waals surface area (Å²) in [5.74, 6) is 0. The fraction of sp³-hybridized carbons (Fsp3) is 1.00. The average molecular weight is 130 g/mol. The maximum atomic E-state index is 9.08. The summed E-state index contributed by atoms with van der Waals surface area (Å²) < 4.78 is 0. The molecule has 1 rings (SSSR count). The minimum Gasteiger partial charge on any atom is -0.379 e. The van der Waals surface area contributed by atoms with Crippen molar-refractivity contribution in [3.63, 3.8) is 0 Å². The molecule has 1 heterocycles. The molecule has 1 unspecified atom stereocenters. The molecule has 9 heavy (non-hydrogen) atoms. The molecule has 0 saturated carbocycles. The van der Waals surface area contributed by atoms with Crippen molar-refractivity contribution < 1.29 is 5.11 Å². The van der Waals surface area contributed by atoms with Crippen LogP contribution in [0.2, 0.25) is 0 Å². The molecule has 0 aromatic carbocycles. The van der Waals surface area contributed by atoms with E-state index in [1.54, 1.807) is 0 Å². The number of hydrogen-bond acceptors (Lipinski definition) is 3. The van der Waals surface area contributed by atoms with E-state index >= 15 is 0 Å². The molecule has 1 saturated heterocycles. The van der Waals surface area contributed by atoms with E-state index in [9.17, 15) is 0 Å².